The van der Waals surface area contributed by atoms with Crippen molar-refractivity contribution in [3.63, 3.8) is 0 Å². The lowest BCUT2D eigenvalue weighted by Crippen LogP contribution is -3.00. The zero-order chi connectivity index (χ0) is 9.19. The number of pyridine rings is 1. The molecule has 0 aliphatic heterocycles. The number of hydrogen-bond donors (Lipinski definition) is 0. The van der Waals surface area contributed by atoms with Gasteiger partial charge in [-0.05, 0) is 6.07 Å². The summed E-state index contributed by atoms with van der Waals surface area (Å²) in [5.74, 6) is 0.953. The van der Waals surface area contributed by atoms with E-state index in [0.717, 1.165) is 5.82 Å². The number of aromatic nitrogens is 1. The summed E-state index contributed by atoms with van der Waals surface area (Å²) in [6.45, 7) is 0. The maximum atomic E-state index is 8.54. The van der Waals surface area contributed by atoms with Crippen LogP contribution < -0.4 is 16.9 Å². The highest BCUT2D eigenvalue weighted by Gasteiger charge is 2.12. The average Bonchev–Trinajstić information content (AvgIpc) is 2.03. The molecule has 0 saturated heterocycles. The topological polar surface area (TPSA) is 36.7 Å². The lowest BCUT2D eigenvalue weighted by molar-refractivity contribution is -0.00000305. The molecule has 0 radical (unpaired) electrons. The van der Waals surface area contributed by atoms with E-state index in [0.29, 0.717) is 10.0 Å². The summed E-state index contributed by atoms with van der Waals surface area (Å²) in [5, 5.41) is 8.54. The van der Waals surface area contributed by atoms with Crippen molar-refractivity contribution in [1.82, 2.24) is 9.47 Å². The zero-order valence-corrected chi connectivity index (χ0v) is 8.71. The second kappa shape index (κ2) is 4.22. The van der Waals surface area contributed by atoms with Gasteiger partial charge in [-0.3, -0.25) is 4.48 Å². The lowest BCUT2D eigenvalue weighted by Gasteiger charge is -2.21. The van der Waals surface area contributed by atoms with E-state index >= 15 is 0 Å². The van der Waals surface area contributed by atoms with E-state index in [9.17, 15) is 0 Å². The second-order valence-corrected chi connectivity index (χ2v) is 3.53. The van der Waals surface area contributed by atoms with Crippen LogP contribution in [0, 0.1) is 11.3 Å². The molecule has 1 rings (SSSR count). The van der Waals surface area contributed by atoms with Crippen LogP contribution in [0.3, 0.4) is 0 Å². The van der Waals surface area contributed by atoms with Gasteiger partial charge in [-0.25, -0.2) is 4.98 Å². The molecule has 70 valence electrons. The molecule has 0 unspecified atom stereocenters. The first-order valence-corrected chi connectivity index (χ1v) is 3.72. The first kappa shape index (κ1) is 11.9. The van der Waals surface area contributed by atoms with Crippen LogP contribution in [-0.2, 0) is 0 Å². The van der Waals surface area contributed by atoms with Crippen LogP contribution in [0.25, 0.3) is 0 Å². The maximum Gasteiger partial charge on any atom is 0.226 e. The zero-order valence-electron chi connectivity index (χ0n) is 7.95. The first-order chi connectivity index (χ1) is 5.54. The number of nitrogens with zero attached hydrogens (tertiary/aromatic N) is 3. The summed E-state index contributed by atoms with van der Waals surface area (Å²) in [4.78, 5) is 4.17. The highest BCUT2D eigenvalue weighted by Crippen LogP contribution is 2.12. The quantitative estimate of drug-likeness (QED) is 0.496. The molecule has 0 N–H and O–H groups in total. The molecule has 0 atom stereocenters. The van der Waals surface area contributed by atoms with Crippen LogP contribution in [0.15, 0.2) is 18.3 Å². The molecule has 0 spiro atoms. The fourth-order valence-electron chi connectivity index (χ4n) is 0.849. The summed E-state index contributed by atoms with van der Waals surface area (Å²) >= 11 is 0. The first-order valence-electron chi connectivity index (χ1n) is 3.72. The molecular formula is C9H12ClN3. The Bertz CT molecular complexity index is 305. The van der Waals surface area contributed by atoms with Crippen LogP contribution in [0.5, 0.6) is 0 Å². The van der Waals surface area contributed by atoms with Crippen LogP contribution >= 0.6 is 0 Å². The van der Waals surface area contributed by atoms with E-state index in [-0.39, 0.29) is 12.4 Å². The van der Waals surface area contributed by atoms with Crippen molar-refractivity contribution < 1.29 is 12.4 Å². The van der Waals surface area contributed by atoms with Gasteiger partial charge < -0.3 is 12.4 Å². The molecule has 0 fully saturated rings. The molecule has 1 aromatic rings. The van der Waals surface area contributed by atoms with E-state index in [4.69, 9.17) is 5.26 Å². The van der Waals surface area contributed by atoms with Crippen molar-refractivity contribution in [3.8, 4) is 6.07 Å². The van der Waals surface area contributed by atoms with Gasteiger partial charge in [-0.2, -0.15) is 5.26 Å². The SMILES string of the molecule is C[N+](C)(C)c1ccc(C#N)cn1.[Cl-]. The second-order valence-electron chi connectivity index (χ2n) is 3.53. The minimum atomic E-state index is 0. The monoisotopic (exact) mass is 197 g/mol. The number of hydrogen-bond acceptors (Lipinski definition) is 2. The van der Waals surface area contributed by atoms with Gasteiger partial charge >= 0.3 is 0 Å². The fraction of sp³-hybridized carbons (Fsp3) is 0.333. The van der Waals surface area contributed by atoms with Gasteiger partial charge in [0.15, 0.2) is 0 Å². The fourth-order valence-corrected chi connectivity index (χ4v) is 0.849. The molecule has 0 saturated carbocycles. The predicted octanol–water partition coefficient (Wildman–Crippen LogP) is -1.85. The van der Waals surface area contributed by atoms with Crippen molar-refractivity contribution >= 4 is 5.82 Å². The third-order valence-corrected chi connectivity index (χ3v) is 1.56. The van der Waals surface area contributed by atoms with E-state index in [1.54, 1.807) is 12.3 Å². The van der Waals surface area contributed by atoms with E-state index < -0.39 is 0 Å². The third kappa shape index (κ3) is 3.02. The normalized spacial score (nSPS) is 10.0. The van der Waals surface area contributed by atoms with Gasteiger partial charge in [0.05, 0.1) is 32.9 Å². The Labute approximate surface area is 84.6 Å². The lowest BCUT2D eigenvalue weighted by atomic mass is 10.3. The highest BCUT2D eigenvalue weighted by molar-refractivity contribution is 5.37. The van der Waals surface area contributed by atoms with Crippen molar-refractivity contribution in [2.24, 2.45) is 0 Å². The summed E-state index contributed by atoms with van der Waals surface area (Å²) in [6.07, 6.45) is 1.60. The van der Waals surface area contributed by atoms with Crippen LogP contribution in [0.4, 0.5) is 5.82 Å². The van der Waals surface area contributed by atoms with Gasteiger partial charge in [-0.1, -0.05) is 0 Å². The molecule has 0 bridgehead atoms. The summed E-state index contributed by atoms with van der Waals surface area (Å²) in [5.41, 5.74) is 0.604. The Balaban J connectivity index is 0.00000144. The summed E-state index contributed by atoms with van der Waals surface area (Å²) < 4.78 is 0.672. The van der Waals surface area contributed by atoms with E-state index in [1.807, 2.05) is 33.3 Å². The predicted molar refractivity (Wildman–Crippen MR) is 48.5 cm³/mol. The summed E-state index contributed by atoms with van der Waals surface area (Å²) in [6, 6.07) is 5.69. The van der Waals surface area contributed by atoms with Crippen LogP contribution in [-0.4, -0.2) is 26.1 Å². The molecule has 0 amide bonds. The minimum absolute atomic E-state index is 0. The maximum absolute atomic E-state index is 8.54. The van der Waals surface area contributed by atoms with Crippen LogP contribution in [0.2, 0.25) is 0 Å². The van der Waals surface area contributed by atoms with Gasteiger partial charge in [0.25, 0.3) is 0 Å². The number of rotatable bonds is 1. The third-order valence-electron chi connectivity index (χ3n) is 1.56. The van der Waals surface area contributed by atoms with Crippen molar-refractivity contribution in [1.29, 1.82) is 5.26 Å². The highest BCUT2D eigenvalue weighted by atomic mass is 35.5. The number of nitriles is 1. The number of quaternary nitrogens is 1. The van der Waals surface area contributed by atoms with Crippen molar-refractivity contribution in [3.05, 3.63) is 23.9 Å². The smallest absolute Gasteiger partial charge is 0.226 e. The molecular weight excluding hydrogens is 186 g/mol. The summed E-state index contributed by atoms with van der Waals surface area (Å²) in [7, 11) is 6.11. The molecule has 3 nitrogen and oxygen atoms in total. The Morgan fingerprint density at radius 1 is 1.31 bits per heavy atom. The molecule has 4 heteroatoms. The molecule has 1 heterocycles. The van der Waals surface area contributed by atoms with Gasteiger partial charge in [-0.15, -0.1) is 0 Å². The van der Waals surface area contributed by atoms with E-state index in [2.05, 4.69) is 4.98 Å². The molecule has 0 aliphatic carbocycles. The Morgan fingerprint density at radius 2 is 1.92 bits per heavy atom. The molecule has 0 aliphatic rings. The number of halogens is 1. The standard InChI is InChI=1S/C9H12N3.ClH/c1-12(2,3)9-5-4-8(6-10)7-11-9;/h4-5,7H,1-3H3;1H/q+1;/p-1. The minimum Gasteiger partial charge on any atom is -1.00 e. The van der Waals surface area contributed by atoms with E-state index in [1.165, 1.54) is 0 Å². The van der Waals surface area contributed by atoms with Crippen molar-refractivity contribution in [2.75, 3.05) is 21.1 Å². The Morgan fingerprint density at radius 3 is 2.23 bits per heavy atom. The van der Waals surface area contributed by atoms with Crippen molar-refractivity contribution in [2.45, 2.75) is 0 Å². The van der Waals surface area contributed by atoms with Gasteiger partial charge in [0.1, 0.15) is 6.07 Å². The molecule has 0 aromatic carbocycles. The Hall–Kier alpha value is -1.11. The largest absolute Gasteiger partial charge is 1.00 e. The van der Waals surface area contributed by atoms with Crippen LogP contribution in [0.1, 0.15) is 5.56 Å². The Kier molecular flexibility index (Phi) is 3.86. The molecule has 13 heavy (non-hydrogen) atoms. The van der Waals surface area contributed by atoms with Gasteiger partial charge in [0.2, 0.25) is 5.82 Å². The van der Waals surface area contributed by atoms with Gasteiger partial charge in [0, 0.05) is 6.07 Å². The average molecular weight is 198 g/mol. The molecule has 1 aromatic heterocycles.